The van der Waals surface area contributed by atoms with Crippen LogP contribution >= 0.6 is 0 Å². The van der Waals surface area contributed by atoms with Gasteiger partial charge in [0, 0.05) is 37.1 Å². The number of carbonyl (C=O) groups excluding carboxylic acids is 1. The normalized spacial score (nSPS) is 19.5. The minimum absolute atomic E-state index is 0.00515. The molecule has 1 aliphatic heterocycles. The van der Waals surface area contributed by atoms with Crippen molar-refractivity contribution in [1.82, 2.24) is 9.88 Å². The first-order chi connectivity index (χ1) is 11.7. The van der Waals surface area contributed by atoms with Crippen molar-refractivity contribution in [1.29, 1.82) is 0 Å². The lowest BCUT2D eigenvalue weighted by Gasteiger charge is -2.31. The van der Waals surface area contributed by atoms with E-state index in [1.54, 1.807) is 42.9 Å². The monoisotopic (exact) mass is 329 g/mol. The lowest BCUT2D eigenvalue weighted by atomic mass is 10.0. The van der Waals surface area contributed by atoms with Crippen molar-refractivity contribution in [3.63, 3.8) is 0 Å². The highest BCUT2D eigenvalue weighted by Gasteiger charge is 2.28. The number of nitrogens with zero attached hydrogens (tertiary/aromatic N) is 2. The van der Waals surface area contributed by atoms with E-state index in [2.05, 4.69) is 10.3 Å². The zero-order valence-corrected chi connectivity index (χ0v) is 13.6. The highest BCUT2D eigenvalue weighted by molar-refractivity contribution is 5.89. The summed E-state index contributed by atoms with van der Waals surface area (Å²) in [4.78, 5) is 18.5. The fourth-order valence-electron chi connectivity index (χ4n) is 3.18. The van der Waals surface area contributed by atoms with Gasteiger partial charge < -0.3 is 19.7 Å². The number of likely N-dealkylation sites (tertiary alicyclic amines) is 1. The average molecular weight is 329 g/mol. The van der Waals surface area contributed by atoms with Crippen LogP contribution in [-0.2, 0) is 0 Å². The van der Waals surface area contributed by atoms with Crippen molar-refractivity contribution >= 4 is 11.7 Å². The summed E-state index contributed by atoms with van der Waals surface area (Å²) in [6.07, 6.45) is 8.68. The van der Waals surface area contributed by atoms with Gasteiger partial charge in [0.1, 0.15) is 11.9 Å². The number of nitrogens with one attached hydrogen (secondary N) is 1. The Morgan fingerprint density at radius 3 is 2.92 bits per heavy atom. The summed E-state index contributed by atoms with van der Waals surface area (Å²) in [6.45, 7) is 0.701. The van der Waals surface area contributed by atoms with E-state index in [1.807, 2.05) is 4.90 Å². The van der Waals surface area contributed by atoms with Crippen molar-refractivity contribution in [3.8, 4) is 0 Å². The van der Waals surface area contributed by atoms with Gasteiger partial charge in [0.05, 0.1) is 6.26 Å². The predicted molar refractivity (Wildman–Crippen MR) is 90.5 cm³/mol. The predicted octanol–water partition coefficient (Wildman–Crippen LogP) is 3.57. The van der Waals surface area contributed by atoms with Gasteiger partial charge in [-0.2, -0.15) is 0 Å². The number of anilines is 1. The molecule has 2 N–H and O–H groups in total. The SMILES string of the molecule is O=C(Nc1ccncc1)N1CCCCCC1CC(O)c1ccco1. The second-order valence-electron chi connectivity index (χ2n) is 6.13. The summed E-state index contributed by atoms with van der Waals surface area (Å²) >= 11 is 0. The molecule has 1 saturated heterocycles. The smallest absolute Gasteiger partial charge is 0.322 e. The van der Waals surface area contributed by atoms with Gasteiger partial charge in [0.25, 0.3) is 0 Å². The topological polar surface area (TPSA) is 78.6 Å². The van der Waals surface area contributed by atoms with Crippen LogP contribution < -0.4 is 5.32 Å². The highest BCUT2D eigenvalue weighted by atomic mass is 16.4. The van der Waals surface area contributed by atoms with E-state index < -0.39 is 6.10 Å². The standard InChI is InChI=1S/C18H23N3O3/c22-16(17-6-4-12-24-17)13-15-5-2-1-3-11-21(15)18(23)20-14-7-9-19-10-8-14/h4,6-10,12,15-16,22H,1-3,5,11,13H2,(H,19,20,23). The third-order valence-electron chi connectivity index (χ3n) is 4.44. The largest absolute Gasteiger partial charge is 0.467 e. The highest BCUT2D eigenvalue weighted by Crippen LogP contribution is 2.27. The molecule has 0 aromatic carbocycles. The number of hydrogen-bond donors (Lipinski definition) is 2. The molecule has 1 fully saturated rings. The molecule has 2 amide bonds. The summed E-state index contributed by atoms with van der Waals surface area (Å²) in [7, 11) is 0. The Bertz CT molecular complexity index is 630. The number of pyridine rings is 1. The van der Waals surface area contributed by atoms with E-state index in [1.165, 1.54) is 0 Å². The number of aromatic nitrogens is 1. The van der Waals surface area contributed by atoms with Crippen LogP contribution in [0.25, 0.3) is 0 Å². The second kappa shape index (κ2) is 7.97. The molecule has 6 nitrogen and oxygen atoms in total. The van der Waals surface area contributed by atoms with E-state index in [0.29, 0.717) is 18.7 Å². The van der Waals surface area contributed by atoms with Crippen LogP contribution in [0.3, 0.4) is 0 Å². The molecule has 0 aliphatic carbocycles. The maximum absolute atomic E-state index is 12.7. The Morgan fingerprint density at radius 1 is 1.33 bits per heavy atom. The third-order valence-corrected chi connectivity index (χ3v) is 4.44. The Kier molecular flexibility index (Phi) is 5.48. The Labute approximate surface area is 141 Å². The number of carbonyl (C=O) groups is 1. The fraction of sp³-hybridized carbons (Fsp3) is 0.444. The number of furan rings is 1. The van der Waals surface area contributed by atoms with E-state index >= 15 is 0 Å². The fourth-order valence-corrected chi connectivity index (χ4v) is 3.18. The number of rotatable bonds is 4. The first-order valence-corrected chi connectivity index (χ1v) is 8.43. The second-order valence-corrected chi connectivity index (χ2v) is 6.13. The molecule has 1 aliphatic rings. The molecule has 128 valence electrons. The summed E-state index contributed by atoms with van der Waals surface area (Å²) < 4.78 is 5.28. The van der Waals surface area contributed by atoms with Crippen molar-refractivity contribution in [2.75, 3.05) is 11.9 Å². The quantitative estimate of drug-likeness (QED) is 0.899. The van der Waals surface area contributed by atoms with Gasteiger partial charge in [0.2, 0.25) is 0 Å². The lowest BCUT2D eigenvalue weighted by molar-refractivity contribution is 0.0987. The Balaban J connectivity index is 1.68. The van der Waals surface area contributed by atoms with Crippen LogP contribution in [0.15, 0.2) is 47.3 Å². The number of hydrogen-bond acceptors (Lipinski definition) is 4. The molecule has 0 saturated carbocycles. The van der Waals surface area contributed by atoms with E-state index in [0.717, 1.165) is 31.4 Å². The van der Waals surface area contributed by atoms with Crippen molar-refractivity contribution in [3.05, 3.63) is 48.7 Å². The molecule has 2 unspecified atom stereocenters. The van der Waals surface area contributed by atoms with E-state index in [-0.39, 0.29) is 12.1 Å². The first-order valence-electron chi connectivity index (χ1n) is 8.43. The van der Waals surface area contributed by atoms with Crippen molar-refractivity contribution < 1.29 is 14.3 Å². The van der Waals surface area contributed by atoms with Crippen LogP contribution in [-0.4, -0.2) is 33.6 Å². The molecule has 0 spiro atoms. The molecule has 0 bridgehead atoms. The Morgan fingerprint density at radius 2 is 2.17 bits per heavy atom. The third kappa shape index (κ3) is 4.14. The Hall–Kier alpha value is -2.34. The van der Waals surface area contributed by atoms with Gasteiger partial charge in [-0.25, -0.2) is 4.79 Å². The molecule has 6 heteroatoms. The molecule has 3 heterocycles. The number of aliphatic hydroxyl groups is 1. The van der Waals surface area contributed by atoms with E-state index in [9.17, 15) is 9.90 Å². The van der Waals surface area contributed by atoms with Crippen LogP contribution in [0.2, 0.25) is 0 Å². The van der Waals surface area contributed by atoms with Gasteiger partial charge in [-0.15, -0.1) is 0 Å². The summed E-state index contributed by atoms with van der Waals surface area (Å²) in [5.74, 6) is 0.550. The molecule has 2 atom stereocenters. The maximum Gasteiger partial charge on any atom is 0.322 e. The van der Waals surface area contributed by atoms with Gasteiger partial charge in [-0.3, -0.25) is 4.98 Å². The first kappa shape index (κ1) is 16.5. The minimum atomic E-state index is -0.695. The van der Waals surface area contributed by atoms with Gasteiger partial charge in [-0.05, 0) is 37.1 Å². The van der Waals surface area contributed by atoms with Crippen molar-refractivity contribution in [2.24, 2.45) is 0 Å². The molecule has 3 rings (SSSR count). The molecule has 2 aromatic heterocycles. The lowest BCUT2D eigenvalue weighted by Crippen LogP contribution is -2.43. The molecular weight excluding hydrogens is 306 g/mol. The zero-order valence-electron chi connectivity index (χ0n) is 13.6. The number of urea groups is 1. The maximum atomic E-state index is 12.7. The van der Waals surface area contributed by atoms with Gasteiger partial charge >= 0.3 is 6.03 Å². The summed E-state index contributed by atoms with van der Waals surface area (Å²) in [5, 5.41) is 13.3. The van der Waals surface area contributed by atoms with Gasteiger partial charge in [-0.1, -0.05) is 12.8 Å². The van der Waals surface area contributed by atoms with Crippen LogP contribution in [0.5, 0.6) is 0 Å². The molecule has 24 heavy (non-hydrogen) atoms. The number of aliphatic hydroxyl groups excluding tert-OH is 1. The molecular formula is C18H23N3O3. The van der Waals surface area contributed by atoms with E-state index in [4.69, 9.17) is 4.42 Å². The van der Waals surface area contributed by atoms with Crippen LogP contribution in [0.4, 0.5) is 10.5 Å². The van der Waals surface area contributed by atoms with Crippen LogP contribution in [0, 0.1) is 0 Å². The zero-order chi connectivity index (χ0) is 16.8. The molecule has 0 radical (unpaired) electrons. The summed E-state index contributed by atoms with van der Waals surface area (Å²) in [6, 6.07) is 6.93. The minimum Gasteiger partial charge on any atom is -0.467 e. The summed E-state index contributed by atoms with van der Waals surface area (Å²) in [5.41, 5.74) is 0.726. The van der Waals surface area contributed by atoms with Crippen molar-refractivity contribution in [2.45, 2.75) is 44.2 Å². The average Bonchev–Trinajstić information content (AvgIpc) is 3.03. The number of amides is 2. The molecule has 2 aromatic rings. The van der Waals surface area contributed by atoms with Gasteiger partial charge in [0.15, 0.2) is 0 Å². The van der Waals surface area contributed by atoms with Crippen LogP contribution in [0.1, 0.15) is 44.0 Å².